The normalized spacial score (nSPS) is 21.9. The van der Waals surface area contributed by atoms with Gasteiger partial charge in [-0.05, 0) is 42.3 Å². The van der Waals surface area contributed by atoms with Crippen LogP contribution in [-0.2, 0) is 21.4 Å². The number of aryl methyl sites for hydroxylation is 1. The van der Waals surface area contributed by atoms with E-state index in [1.807, 2.05) is 0 Å². The molecule has 4 rings (SSSR count). The number of hydrogen-bond acceptors (Lipinski definition) is 4. The van der Waals surface area contributed by atoms with Gasteiger partial charge in [0.2, 0.25) is 5.91 Å². The molecule has 2 atom stereocenters. The second kappa shape index (κ2) is 8.64. The van der Waals surface area contributed by atoms with Gasteiger partial charge in [0.15, 0.2) is 0 Å². The molecule has 2 aromatic rings. The summed E-state index contributed by atoms with van der Waals surface area (Å²) in [6.07, 6.45) is -11.6. The molecule has 2 aliphatic heterocycles. The van der Waals surface area contributed by atoms with Gasteiger partial charge in [-0.2, -0.15) is 26.3 Å². The lowest BCUT2D eigenvalue weighted by Crippen LogP contribution is -2.61. The topological polar surface area (TPSA) is 79.8 Å². The number of alkyl halides is 6. The van der Waals surface area contributed by atoms with Crippen LogP contribution in [0.5, 0.6) is 0 Å². The Bertz CT molecular complexity index is 1290. The molecule has 2 heterocycles. The molecule has 6 nitrogen and oxygen atoms in total. The average Bonchev–Trinajstić information content (AvgIpc) is 3.24. The van der Waals surface area contributed by atoms with E-state index in [1.165, 1.54) is 25.1 Å². The molecule has 0 aromatic heterocycles. The van der Waals surface area contributed by atoms with Crippen LogP contribution < -0.4 is 10.6 Å². The first kappa shape index (κ1) is 25.7. The first-order valence-electron chi connectivity index (χ1n) is 10.2. The molecule has 1 fully saturated rings. The number of benzene rings is 2. The number of nitrogens with one attached hydrogen (secondary N) is 2. The molecule has 2 N–H and O–H groups in total. The number of hydrogen-bond donors (Lipinski definition) is 2. The minimum atomic E-state index is -5.38. The number of halogens is 8. The average molecular weight is 538 g/mol. The third kappa shape index (κ3) is 4.36. The number of carbonyl (C=O) groups excluding carboxylic acids is 2. The van der Waals surface area contributed by atoms with Crippen LogP contribution in [0.4, 0.5) is 30.7 Å². The summed E-state index contributed by atoms with van der Waals surface area (Å²) in [6.45, 7) is 1.74. The molecule has 36 heavy (non-hydrogen) atoms. The van der Waals surface area contributed by atoms with E-state index < -0.39 is 58.3 Å². The summed E-state index contributed by atoms with van der Waals surface area (Å²) >= 11 is 5.50. The number of amides is 2. The van der Waals surface area contributed by atoms with Crippen LogP contribution in [0, 0.1) is 12.7 Å². The van der Waals surface area contributed by atoms with Crippen LogP contribution in [0.3, 0.4) is 0 Å². The largest absolute Gasteiger partial charge is 0.435 e. The van der Waals surface area contributed by atoms with Crippen molar-refractivity contribution in [1.82, 2.24) is 10.6 Å². The van der Waals surface area contributed by atoms with E-state index in [0.717, 1.165) is 0 Å². The highest BCUT2D eigenvalue weighted by Crippen LogP contribution is 2.51. The van der Waals surface area contributed by atoms with Crippen LogP contribution in [-0.4, -0.2) is 36.3 Å². The van der Waals surface area contributed by atoms with Gasteiger partial charge in [-0.15, -0.1) is 0 Å². The van der Waals surface area contributed by atoms with Gasteiger partial charge in [0.25, 0.3) is 11.5 Å². The molecule has 2 amide bonds. The molecular weight excluding hydrogens is 523 g/mol. The fraction of sp³-hybridized carbons (Fsp3) is 0.318. The van der Waals surface area contributed by atoms with Crippen molar-refractivity contribution in [1.29, 1.82) is 0 Å². The van der Waals surface area contributed by atoms with E-state index in [2.05, 4.69) is 20.6 Å². The van der Waals surface area contributed by atoms with Crippen molar-refractivity contribution >= 4 is 29.1 Å². The Morgan fingerprint density at radius 3 is 2.42 bits per heavy atom. The Morgan fingerprint density at radius 2 is 1.89 bits per heavy atom. The third-order valence-electron chi connectivity index (χ3n) is 5.88. The number of β-lactam (4-membered cyclic amide) rings is 1. The van der Waals surface area contributed by atoms with Crippen LogP contribution in [0.25, 0.3) is 0 Å². The highest BCUT2D eigenvalue weighted by Gasteiger charge is 2.64. The second-order valence-electron chi connectivity index (χ2n) is 8.25. The van der Waals surface area contributed by atoms with Crippen LogP contribution in [0.2, 0.25) is 5.02 Å². The molecule has 192 valence electrons. The summed E-state index contributed by atoms with van der Waals surface area (Å²) < 4.78 is 96.9. The zero-order valence-electron chi connectivity index (χ0n) is 18.1. The lowest BCUT2D eigenvalue weighted by Gasteiger charge is -2.30. The Labute approximate surface area is 203 Å². The summed E-state index contributed by atoms with van der Waals surface area (Å²) in [5.41, 5.74) is -6.44. The highest BCUT2D eigenvalue weighted by molar-refractivity contribution is 6.30. The zero-order chi connectivity index (χ0) is 26.6. The van der Waals surface area contributed by atoms with Crippen LogP contribution >= 0.6 is 11.6 Å². The summed E-state index contributed by atoms with van der Waals surface area (Å²) in [4.78, 5) is 28.4. The van der Waals surface area contributed by atoms with Crippen molar-refractivity contribution in [2.75, 3.05) is 6.54 Å². The number of carbonyl (C=O) groups is 2. The van der Waals surface area contributed by atoms with E-state index in [9.17, 15) is 40.3 Å². The SMILES string of the molecule is Cc1cc(C2=NO[C@](c3cc(C(F)(F)F)cc(Cl)c3F)(C(F)(F)F)C2)ccc1C(=O)N[C@@H]1CNC1=O. The maximum atomic E-state index is 14.7. The van der Waals surface area contributed by atoms with E-state index in [0.29, 0.717) is 5.56 Å². The van der Waals surface area contributed by atoms with Crippen LogP contribution in [0.1, 0.15) is 39.0 Å². The molecule has 0 bridgehead atoms. The van der Waals surface area contributed by atoms with Gasteiger partial charge in [0, 0.05) is 17.7 Å². The van der Waals surface area contributed by atoms with Crippen molar-refractivity contribution in [2.45, 2.75) is 37.3 Å². The Hall–Kier alpha value is -3.35. The van der Waals surface area contributed by atoms with E-state index in [4.69, 9.17) is 11.6 Å². The second-order valence-corrected chi connectivity index (χ2v) is 8.66. The van der Waals surface area contributed by atoms with Crippen molar-refractivity contribution in [3.8, 4) is 0 Å². The predicted octanol–water partition coefficient (Wildman–Crippen LogP) is 4.62. The smallest absolute Gasteiger partial charge is 0.374 e. The fourth-order valence-corrected chi connectivity index (χ4v) is 4.04. The van der Waals surface area contributed by atoms with Gasteiger partial charge in [0.05, 0.1) is 22.7 Å². The van der Waals surface area contributed by atoms with Crippen LogP contribution in [0.15, 0.2) is 35.5 Å². The van der Waals surface area contributed by atoms with Crippen molar-refractivity contribution in [3.05, 3.63) is 69.0 Å². The first-order chi connectivity index (χ1) is 16.6. The predicted molar refractivity (Wildman–Crippen MR) is 112 cm³/mol. The standard InChI is InChI=1S/C22H15ClF7N3O3/c1-9-4-10(2-3-12(9)18(34)32-16-8-31-19(16)35)15-7-20(36-33-15,22(28,29)30)13-5-11(21(25,26)27)6-14(23)17(13)24/h2-6,16H,7-8H2,1H3,(H,31,35)(H,32,34)/t16-,20-/m1/s1. The van der Waals surface area contributed by atoms with E-state index >= 15 is 0 Å². The molecule has 0 aliphatic carbocycles. The van der Waals surface area contributed by atoms with Gasteiger partial charge < -0.3 is 15.5 Å². The van der Waals surface area contributed by atoms with Crippen molar-refractivity contribution < 1.29 is 45.2 Å². The van der Waals surface area contributed by atoms with Gasteiger partial charge >= 0.3 is 12.4 Å². The highest BCUT2D eigenvalue weighted by atomic mass is 35.5. The van der Waals surface area contributed by atoms with E-state index in [1.54, 1.807) is 0 Å². The Balaban J connectivity index is 1.67. The lowest BCUT2D eigenvalue weighted by molar-refractivity contribution is -0.276. The van der Waals surface area contributed by atoms with E-state index in [-0.39, 0.29) is 41.4 Å². The monoisotopic (exact) mass is 537 g/mol. The quantitative estimate of drug-likeness (QED) is 0.441. The number of nitrogens with zero attached hydrogens (tertiary/aromatic N) is 1. The van der Waals surface area contributed by atoms with Gasteiger partial charge in [-0.3, -0.25) is 9.59 Å². The molecule has 0 unspecified atom stereocenters. The molecule has 0 spiro atoms. The molecule has 1 saturated heterocycles. The van der Waals surface area contributed by atoms with Gasteiger partial charge in [0.1, 0.15) is 11.9 Å². The summed E-state index contributed by atoms with van der Waals surface area (Å²) in [5.74, 6) is -2.67. The number of rotatable bonds is 4. The zero-order valence-corrected chi connectivity index (χ0v) is 18.8. The molecule has 2 aromatic carbocycles. The molecule has 14 heteroatoms. The fourth-order valence-electron chi connectivity index (χ4n) is 3.82. The lowest BCUT2D eigenvalue weighted by atomic mass is 9.85. The molecule has 2 aliphatic rings. The molecule has 0 radical (unpaired) electrons. The maximum Gasteiger partial charge on any atom is 0.435 e. The molecular formula is C22H15ClF7N3O3. The Morgan fingerprint density at radius 1 is 1.19 bits per heavy atom. The Kier molecular flexibility index (Phi) is 6.18. The van der Waals surface area contributed by atoms with Gasteiger partial charge in [-0.1, -0.05) is 22.8 Å². The molecule has 0 saturated carbocycles. The first-order valence-corrected chi connectivity index (χ1v) is 10.6. The minimum Gasteiger partial charge on any atom is -0.374 e. The summed E-state index contributed by atoms with van der Waals surface area (Å²) in [6, 6.07) is 3.34. The van der Waals surface area contributed by atoms with Crippen molar-refractivity contribution in [3.63, 3.8) is 0 Å². The van der Waals surface area contributed by atoms with Crippen molar-refractivity contribution in [2.24, 2.45) is 5.16 Å². The maximum absolute atomic E-state index is 14.7. The summed E-state index contributed by atoms with van der Waals surface area (Å²) in [5, 5.41) is 7.20. The minimum absolute atomic E-state index is 0.00243. The summed E-state index contributed by atoms with van der Waals surface area (Å²) in [7, 11) is 0. The third-order valence-corrected chi connectivity index (χ3v) is 6.16. The van der Waals surface area contributed by atoms with Gasteiger partial charge in [-0.25, -0.2) is 4.39 Å². The number of oxime groups is 1.